The van der Waals surface area contributed by atoms with E-state index in [4.69, 9.17) is 15.7 Å². The fourth-order valence-electron chi connectivity index (χ4n) is 2.50. The van der Waals surface area contributed by atoms with Gasteiger partial charge in [0.2, 0.25) is 0 Å². The maximum absolute atomic E-state index is 8.82. The van der Waals surface area contributed by atoms with Crippen LogP contribution in [0.5, 0.6) is 0 Å². The monoisotopic (exact) mass is 253 g/mol. The molecule has 0 spiro atoms. The molecule has 4 heteroatoms. The molecule has 1 saturated heterocycles. The molecule has 1 atom stereocenters. The van der Waals surface area contributed by atoms with Crippen LogP contribution in [0.3, 0.4) is 0 Å². The molecule has 0 aliphatic carbocycles. The van der Waals surface area contributed by atoms with Gasteiger partial charge in [0.1, 0.15) is 5.54 Å². The summed E-state index contributed by atoms with van der Waals surface area (Å²) in [5, 5.41) is 8.82. The molecule has 18 heavy (non-hydrogen) atoms. The fourth-order valence-corrected chi connectivity index (χ4v) is 2.50. The summed E-state index contributed by atoms with van der Waals surface area (Å²) >= 11 is 0. The molecular formula is C14H27N3O. The average Bonchev–Trinajstić information content (AvgIpc) is 2.37. The zero-order valence-corrected chi connectivity index (χ0v) is 11.8. The van der Waals surface area contributed by atoms with Crippen LogP contribution in [0.15, 0.2) is 0 Å². The lowest BCUT2D eigenvalue weighted by atomic mass is 9.96. The Kier molecular flexibility index (Phi) is 6.62. The van der Waals surface area contributed by atoms with Crippen molar-refractivity contribution in [3.05, 3.63) is 0 Å². The maximum Gasteiger partial charge on any atom is 0.101 e. The van der Waals surface area contributed by atoms with Crippen molar-refractivity contribution in [3.63, 3.8) is 0 Å². The van der Waals surface area contributed by atoms with Crippen molar-refractivity contribution in [2.75, 3.05) is 33.4 Å². The summed E-state index contributed by atoms with van der Waals surface area (Å²) in [7, 11) is 1.78. The predicted octanol–water partition coefficient (Wildman–Crippen LogP) is 1.76. The van der Waals surface area contributed by atoms with Crippen molar-refractivity contribution in [1.82, 2.24) is 4.90 Å². The number of nitriles is 1. The van der Waals surface area contributed by atoms with Crippen LogP contribution in [0.4, 0.5) is 0 Å². The normalized spacial score (nSPS) is 21.4. The highest BCUT2D eigenvalue weighted by Crippen LogP contribution is 2.18. The molecule has 0 aromatic carbocycles. The van der Waals surface area contributed by atoms with Crippen LogP contribution in [0.1, 0.15) is 39.0 Å². The molecule has 0 saturated carbocycles. The number of methoxy groups -OCH3 is 1. The molecule has 104 valence electrons. The Labute approximate surface area is 111 Å². The smallest absolute Gasteiger partial charge is 0.101 e. The Morgan fingerprint density at radius 2 is 2.06 bits per heavy atom. The quantitative estimate of drug-likeness (QED) is 0.702. The molecule has 1 aliphatic rings. The molecule has 2 N–H and O–H groups in total. The van der Waals surface area contributed by atoms with Gasteiger partial charge in [-0.1, -0.05) is 0 Å². The minimum absolute atomic E-state index is 0.647. The van der Waals surface area contributed by atoms with Gasteiger partial charge in [-0.3, -0.25) is 0 Å². The first-order chi connectivity index (χ1) is 8.57. The Balaban J connectivity index is 2.06. The molecule has 1 rings (SSSR count). The molecule has 0 aromatic rings. The van der Waals surface area contributed by atoms with Crippen molar-refractivity contribution >= 4 is 0 Å². The summed E-state index contributed by atoms with van der Waals surface area (Å²) in [5.74, 6) is 0.747. The second kappa shape index (κ2) is 7.73. The first-order valence-electron chi connectivity index (χ1n) is 6.99. The summed E-state index contributed by atoms with van der Waals surface area (Å²) in [5.41, 5.74) is 5.15. The Hall–Kier alpha value is -0.630. The van der Waals surface area contributed by atoms with Crippen LogP contribution in [0.25, 0.3) is 0 Å². The SMILES string of the molecule is COCC1CCN(CCCCC(C)(N)C#N)CC1. The highest BCUT2D eigenvalue weighted by Gasteiger charge is 2.19. The van der Waals surface area contributed by atoms with E-state index in [0.29, 0.717) is 0 Å². The van der Waals surface area contributed by atoms with Crippen molar-refractivity contribution in [1.29, 1.82) is 5.26 Å². The van der Waals surface area contributed by atoms with Gasteiger partial charge in [0.05, 0.1) is 6.07 Å². The maximum atomic E-state index is 8.82. The summed E-state index contributed by atoms with van der Waals surface area (Å²) in [6.07, 6.45) is 5.48. The highest BCUT2D eigenvalue weighted by molar-refractivity contribution is 5.00. The van der Waals surface area contributed by atoms with Crippen LogP contribution >= 0.6 is 0 Å². The molecule has 1 fully saturated rings. The average molecular weight is 253 g/mol. The molecule has 1 aliphatic heterocycles. The first kappa shape index (κ1) is 15.4. The third kappa shape index (κ3) is 5.81. The van der Waals surface area contributed by atoms with E-state index >= 15 is 0 Å². The fraction of sp³-hybridized carbons (Fsp3) is 0.929. The summed E-state index contributed by atoms with van der Waals surface area (Å²) < 4.78 is 5.20. The summed E-state index contributed by atoms with van der Waals surface area (Å²) in [4.78, 5) is 2.52. The van der Waals surface area contributed by atoms with Gasteiger partial charge in [-0.25, -0.2) is 0 Å². The first-order valence-corrected chi connectivity index (χ1v) is 6.99. The number of unbranched alkanes of at least 4 members (excludes halogenated alkanes) is 1. The van der Waals surface area contributed by atoms with Crippen molar-refractivity contribution in [2.45, 2.75) is 44.6 Å². The number of piperidine rings is 1. The molecule has 1 heterocycles. The van der Waals surface area contributed by atoms with Gasteiger partial charge in [-0.05, 0) is 64.6 Å². The molecule has 0 bridgehead atoms. The molecule has 0 radical (unpaired) electrons. The van der Waals surface area contributed by atoms with E-state index in [0.717, 1.165) is 38.3 Å². The van der Waals surface area contributed by atoms with E-state index in [1.807, 2.05) is 6.92 Å². The van der Waals surface area contributed by atoms with Gasteiger partial charge >= 0.3 is 0 Å². The third-order valence-corrected chi connectivity index (χ3v) is 3.79. The Morgan fingerprint density at radius 1 is 1.39 bits per heavy atom. The topological polar surface area (TPSA) is 62.3 Å². The van der Waals surface area contributed by atoms with E-state index in [9.17, 15) is 0 Å². The van der Waals surface area contributed by atoms with Crippen molar-refractivity contribution in [2.24, 2.45) is 11.7 Å². The standard InChI is InChI=1S/C14H27N3O/c1-14(16,12-15)7-3-4-8-17-9-5-13(6-10-17)11-18-2/h13H,3-11,16H2,1-2H3. The molecular weight excluding hydrogens is 226 g/mol. The van der Waals surface area contributed by atoms with Crippen molar-refractivity contribution < 1.29 is 4.74 Å². The molecule has 0 aromatic heterocycles. The Bertz CT molecular complexity index is 265. The molecule has 4 nitrogen and oxygen atoms in total. The number of likely N-dealkylation sites (tertiary alicyclic amines) is 1. The highest BCUT2D eigenvalue weighted by atomic mass is 16.5. The lowest BCUT2D eigenvalue weighted by Crippen LogP contribution is -2.36. The van der Waals surface area contributed by atoms with E-state index in [1.165, 1.54) is 25.9 Å². The number of ether oxygens (including phenoxy) is 1. The molecule has 0 amide bonds. The van der Waals surface area contributed by atoms with Gasteiger partial charge < -0.3 is 15.4 Å². The van der Waals surface area contributed by atoms with Crippen molar-refractivity contribution in [3.8, 4) is 6.07 Å². The van der Waals surface area contributed by atoms with E-state index in [1.54, 1.807) is 7.11 Å². The number of rotatable bonds is 7. The lowest BCUT2D eigenvalue weighted by Gasteiger charge is -2.31. The number of hydrogen-bond acceptors (Lipinski definition) is 4. The number of nitrogens with two attached hydrogens (primary N) is 1. The summed E-state index contributed by atoms with van der Waals surface area (Å²) in [6.45, 7) is 6.23. The van der Waals surface area contributed by atoms with Crippen LogP contribution in [0.2, 0.25) is 0 Å². The van der Waals surface area contributed by atoms with Crippen LogP contribution < -0.4 is 5.73 Å². The van der Waals surface area contributed by atoms with Gasteiger partial charge in [0.25, 0.3) is 0 Å². The lowest BCUT2D eigenvalue weighted by molar-refractivity contribution is 0.0987. The van der Waals surface area contributed by atoms with Gasteiger partial charge in [0.15, 0.2) is 0 Å². The van der Waals surface area contributed by atoms with E-state index in [-0.39, 0.29) is 0 Å². The van der Waals surface area contributed by atoms with Crippen LogP contribution in [0, 0.1) is 17.2 Å². The third-order valence-electron chi connectivity index (χ3n) is 3.79. The summed E-state index contributed by atoms with van der Waals surface area (Å²) in [6, 6.07) is 2.15. The zero-order chi connectivity index (χ0) is 13.4. The molecule has 1 unspecified atom stereocenters. The second-order valence-electron chi connectivity index (χ2n) is 5.73. The Morgan fingerprint density at radius 3 is 2.61 bits per heavy atom. The largest absolute Gasteiger partial charge is 0.384 e. The van der Waals surface area contributed by atoms with Gasteiger partial charge in [-0.15, -0.1) is 0 Å². The second-order valence-corrected chi connectivity index (χ2v) is 5.73. The van der Waals surface area contributed by atoms with Crippen LogP contribution in [-0.4, -0.2) is 43.8 Å². The van der Waals surface area contributed by atoms with Gasteiger partial charge in [-0.2, -0.15) is 5.26 Å². The predicted molar refractivity (Wildman–Crippen MR) is 73.1 cm³/mol. The van der Waals surface area contributed by atoms with Crippen LogP contribution in [-0.2, 0) is 4.74 Å². The van der Waals surface area contributed by atoms with Gasteiger partial charge in [0, 0.05) is 13.7 Å². The minimum Gasteiger partial charge on any atom is -0.384 e. The van der Waals surface area contributed by atoms with E-state index in [2.05, 4.69) is 11.0 Å². The minimum atomic E-state index is -0.647. The zero-order valence-electron chi connectivity index (χ0n) is 11.8. The van der Waals surface area contributed by atoms with E-state index < -0.39 is 5.54 Å². The number of nitrogens with zero attached hydrogens (tertiary/aromatic N) is 2. The number of hydrogen-bond donors (Lipinski definition) is 1.